The predicted molar refractivity (Wildman–Crippen MR) is 67.0 cm³/mol. The third-order valence-electron chi connectivity index (χ3n) is 3.09. The number of benzene rings is 1. The number of fused-ring (bicyclic) bond motifs is 1. The maximum Gasteiger partial charge on any atom is 0.122 e. The van der Waals surface area contributed by atoms with Crippen LogP contribution in [0.25, 0.3) is 0 Å². The SMILES string of the molecule is CNC1Cc2c(OC)ccc(OC)c2C1.Cl. The van der Waals surface area contributed by atoms with Gasteiger partial charge in [-0.1, -0.05) is 0 Å². The molecule has 16 heavy (non-hydrogen) atoms. The van der Waals surface area contributed by atoms with Gasteiger partial charge in [0.15, 0.2) is 0 Å². The van der Waals surface area contributed by atoms with E-state index in [1.54, 1.807) is 14.2 Å². The highest BCUT2D eigenvalue weighted by Gasteiger charge is 2.26. The minimum atomic E-state index is 0. The first-order chi connectivity index (χ1) is 7.30. The molecule has 0 saturated heterocycles. The Bertz CT molecular complexity index is 335. The summed E-state index contributed by atoms with van der Waals surface area (Å²) in [5.41, 5.74) is 2.58. The predicted octanol–water partition coefficient (Wildman–Crippen LogP) is 1.81. The number of hydrogen-bond donors (Lipinski definition) is 1. The van der Waals surface area contributed by atoms with E-state index >= 15 is 0 Å². The van der Waals surface area contributed by atoms with Crippen molar-refractivity contribution in [3.8, 4) is 11.5 Å². The Labute approximate surface area is 103 Å². The summed E-state index contributed by atoms with van der Waals surface area (Å²) in [6, 6.07) is 4.47. The van der Waals surface area contributed by atoms with Crippen molar-refractivity contribution in [1.82, 2.24) is 5.32 Å². The average molecular weight is 244 g/mol. The molecule has 90 valence electrons. The highest BCUT2D eigenvalue weighted by atomic mass is 35.5. The van der Waals surface area contributed by atoms with Gasteiger partial charge < -0.3 is 14.8 Å². The molecular formula is C12H18ClNO2. The summed E-state index contributed by atoms with van der Waals surface area (Å²) in [5, 5.41) is 3.30. The zero-order valence-corrected chi connectivity index (χ0v) is 10.7. The molecule has 0 amide bonds. The van der Waals surface area contributed by atoms with Gasteiger partial charge in [-0.3, -0.25) is 0 Å². The van der Waals surface area contributed by atoms with Crippen LogP contribution in [0.2, 0.25) is 0 Å². The molecule has 1 N–H and O–H groups in total. The molecule has 0 radical (unpaired) electrons. The summed E-state index contributed by atoms with van der Waals surface area (Å²) in [5.74, 6) is 1.95. The van der Waals surface area contributed by atoms with Gasteiger partial charge in [0.25, 0.3) is 0 Å². The molecule has 0 spiro atoms. The molecule has 1 aliphatic carbocycles. The molecule has 4 heteroatoms. The van der Waals surface area contributed by atoms with E-state index in [2.05, 4.69) is 5.32 Å². The molecule has 1 aromatic carbocycles. The zero-order chi connectivity index (χ0) is 10.8. The lowest BCUT2D eigenvalue weighted by atomic mass is 10.1. The smallest absolute Gasteiger partial charge is 0.122 e. The molecule has 0 aliphatic heterocycles. The van der Waals surface area contributed by atoms with Gasteiger partial charge in [0, 0.05) is 17.2 Å². The summed E-state index contributed by atoms with van der Waals surface area (Å²) in [7, 11) is 5.43. The molecule has 0 unspecified atom stereocenters. The summed E-state index contributed by atoms with van der Waals surface area (Å²) in [6.45, 7) is 0. The second-order valence-electron chi connectivity index (χ2n) is 3.82. The monoisotopic (exact) mass is 243 g/mol. The summed E-state index contributed by atoms with van der Waals surface area (Å²) < 4.78 is 10.7. The number of nitrogens with one attached hydrogen (secondary N) is 1. The lowest BCUT2D eigenvalue weighted by molar-refractivity contribution is 0.398. The lowest BCUT2D eigenvalue weighted by Crippen LogP contribution is -2.25. The van der Waals surface area contributed by atoms with Crippen LogP contribution in [-0.4, -0.2) is 27.3 Å². The maximum absolute atomic E-state index is 5.37. The Hall–Kier alpha value is -0.930. The van der Waals surface area contributed by atoms with Crippen LogP contribution in [-0.2, 0) is 12.8 Å². The molecule has 0 heterocycles. The Morgan fingerprint density at radius 2 is 1.50 bits per heavy atom. The summed E-state index contributed by atoms with van der Waals surface area (Å²) in [6.07, 6.45) is 2.04. The van der Waals surface area contributed by atoms with Gasteiger partial charge in [-0.2, -0.15) is 0 Å². The lowest BCUT2D eigenvalue weighted by Gasteiger charge is -2.10. The Morgan fingerprint density at radius 3 is 1.81 bits per heavy atom. The Balaban J connectivity index is 0.00000128. The number of methoxy groups -OCH3 is 2. The van der Waals surface area contributed by atoms with Crippen LogP contribution in [0.3, 0.4) is 0 Å². The van der Waals surface area contributed by atoms with Gasteiger partial charge in [0.1, 0.15) is 11.5 Å². The summed E-state index contributed by atoms with van der Waals surface area (Å²) >= 11 is 0. The normalized spacial score (nSPS) is 14.2. The quantitative estimate of drug-likeness (QED) is 0.879. The third kappa shape index (κ3) is 2.11. The molecule has 0 fully saturated rings. The number of halogens is 1. The molecule has 0 aromatic heterocycles. The van der Waals surface area contributed by atoms with E-state index in [0.29, 0.717) is 6.04 Å². The van der Waals surface area contributed by atoms with Gasteiger partial charge in [-0.25, -0.2) is 0 Å². The van der Waals surface area contributed by atoms with Crippen LogP contribution in [0.5, 0.6) is 11.5 Å². The van der Waals surface area contributed by atoms with E-state index in [1.807, 2.05) is 19.2 Å². The minimum Gasteiger partial charge on any atom is -0.496 e. The molecular weight excluding hydrogens is 226 g/mol. The first-order valence-corrected chi connectivity index (χ1v) is 5.20. The highest BCUT2D eigenvalue weighted by Crippen LogP contribution is 2.36. The van der Waals surface area contributed by atoms with Crippen molar-refractivity contribution < 1.29 is 9.47 Å². The van der Waals surface area contributed by atoms with Crippen LogP contribution in [0.1, 0.15) is 11.1 Å². The standard InChI is InChI=1S/C12H17NO2.ClH/c1-13-8-6-9-10(7-8)12(15-3)5-4-11(9)14-2;/h4-5,8,13H,6-7H2,1-3H3;1H. The van der Waals surface area contributed by atoms with Crippen LogP contribution in [0.15, 0.2) is 12.1 Å². The van der Waals surface area contributed by atoms with Crippen molar-refractivity contribution in [3.05, 3.63) is 23.3 Å². The molecule has 3 nitrogen and oxygen atoms in total. The van der Waals surface area contributed by atoms with E-state index in [1.165, 1.54) is 11.1 Å². The van der Waals surface area contributed by atoms with Crippen molar-refractivity contribution in [1.29, 1.82) is 0 Å². The van der Waals surface area contributed by atoms with Gasteiger partial charge in [0.05, 0.1) is 14.2 Å². The second-order valence-corrected chi connectivity index (χ2v) is 3.82. The highest BCUT2D eigenvalue weighted by molar-refractivity contribution is 5.85. The fraction of sp³-hybridized carbons (Fsp3) is 0.500. The first kappa shape index (κ1) is 13.1. The number of likely N-dealkylation sites (N-methyl/N-ethyl adjacent to an activating group) is 1. The van der Waals surface area contributed by atoms with E-state index in [-0.39, 0.29) is 12.4 Å². The van der Waals surface area contributed by atoms with E-state index in [4.69, 9.17) is 9.47 Å². The van der Waals surface area contributed by atoms with Crippen molar-refractivity contribution >= 4 is 12.4 Å². The van der Waals surface area contributed by atoms with Gasteiger partial charge in [-0.05, 0) is 32.0 Å². The molecule has 2 rings (SSSR count). The van der Waals surface area contributed by atoms with E-state index in [9.17, 15) is 0 Å². The molecule has 1 aromatic rings. The second kappa shape index (κ2) is 5.41. The van der Waals surface area contributed by atoms with Crippen LogP contribution >= 0.6 is 12.4 Å². The minimum absolute atomic E-state index is 0. The van der Waals surface area contributed by atoms with E-state index in [0.717, 1.165) is 24.3 Å². The van der Waals surface area contributed by atoms with Crippen LogP contribution in [0.4, 0.5) is 0 Å². The molecule has 0 bridgehead atoms. The topological polar surface area (TPSA) is 30.5 Å². The van der Waals surface area contributed by atoms with Crippen molar-refractivity contribution in [2.75, 3.05) is 21.3 Å². The van der Waals surface area contributed by atoms with Gasteiger partial charge in [-0.15, -0.1) is 12.4 Å². The van der Waals surface area contributed by atoms with Gasteiger partial charge in [0.2, 0.25) is 0 Å². The third-order valence-corrected chi connectivity index (χ3v) is 3.09. The molecule has 1 aliphatic rings. The number of ether oxygens (including phenoxy) is 2. The van der Waals surface area contributed by atoms with Crippen molar-refractivity contribution in [2.24, 2.45) is 0 Å². The largest absolute Gasteiger partial charge is 0.496 e. The Morgan fingerprint density at radius 1 is 1.06 bits per heavy atom. The summed E-state index contributed by atoms with van der Waals surface area (Å²) in [4.78, 5) is 0. The van der Waals surface area contributed by atoms with Crippen molar-refractivity contribution in [3.63, 3.8) is 0 Å². The number of rotatable bonds is 3. The fourth-order valence-electron chi connectivity index (χ4n) is 2.25. The zero-order valence-electron chi connectivity index (χ0n) is 9.87. The fourth-order valence-corrected chi connectivity index (χ4v) is 2.25. The average Bonchev–Trinajstić information content (AvgIpc) is 2.71. The Kier molecular flexibility index (Phi) is 4.44. The van der Waals surface area contributed by atoms with Crippen LogP contribution < -0.4 is 14.8 Å². The van der Waals surface area contributed by atoms with Crippen LogP contribution in [0, 0.1) is 0 Å². The number of hydrogen-bond acceptors (Lipinski definition) is 3. The molecule has 0 saturated carbocycles. The maximum atomic E-state index is 5.37. The first-order valence-electron chi connectivity index (χ1n) is 5.20. The van der Waals surface area contributed by atoms with E-state index < -0.39 is 0 Å². The molecule has 0 atom stereocenters. The van der Waals surface area contributed by atoms with Gasteiger partial charge >= 0.3 is 0 Å². The van der Waals surface area contributed by atoms with Crippen molar-refractivity contribution in [2.45, 2.75) is 18.9 Å².